The first-order valence-corrected chi connectivity index (χ1v) is 8.97. The highest BCUT2D eigenvalue weighted by Crippen LogP contribution is 2.12. The maximum Gasteiger partial charge on any atom is 0.194 e. The van der Waals surface area contributed by atoms with Crippen molar-refractivity contribution in [1.82, 2.24) is 15.1 Å². The Morgan fingerprint density at radius 1 is 1.27 bits per heavy atom. The van der Waals surface area contributed by atoms with Crippen LogP contribution >= 0.6 is 24.0 Å². The molecule has 0 unspecified atom stereocenters. The topological polar surface area (TPSA) is 40.1 Å². The molecule has 1 saturated heterocycles. The molecule has 0 spiro atoms. The Morgan fingerprint density at radius 3 is 2.54 bits per heavy atom. The first-order chi connectivity index (χ1) is 12.0. The first kappa shape index (κ1) is 23.1. The molecule has 1 fully saturated rings. The van der Waals surface area contributed by atoms with Gasteiger partial charge in [-0.15, -0.1) is 24.0 Å². The molecule has 26 heavy (non-hydrogen) atoms. The summed E-state index contributed by atoms with van der Waals surface area (Å²) in [7, 11) is 3.38. The average Bonchev–Trinajstić information content (AvgIpc) is 2.59. The smallest absolute Gasteiger partial charge is 0.194 e. The predicted octanol–water partition coefficient (Wildman–Crippen LogP) is 2.94. The van der Waals surface area contributed by atoms with Crippen LogP contribution in [0.25, 0.3) is 0 Å². The second-order valence-corrected chi connectivity index (χ2v) is 6.94. The van der Waals surface area contributed by atoms with E-state index >= 15 is 0 Å². The Bertz CT molecular complexity index is 575. The van der Waals surface area contributed by atoms with Gasteiger partial charge >= 0.3 is 0 Å². The van der Waals surface area contributed by atoms with Gasteiger partial charge in [0, 0.05) is 59.0 Å². The first-order valence-electron chi connectivity index (χ1n) is 8.97. The molecule has 0 saturated carbocycles. The van der Waals surface area contributed by atoms with Gasteiger partial charge in [-0.3, -0.25) is 9.89 Å². The van der Waals surface area contributed by atoms with Crippen molar-refractivity contribution in [2.45, 2.75) is 27.0 Å². The molecular formula is C19H32FIN4O. The number of guanidine groups is 1. The van der Waals surface area contributed by atoms with Gasteiger partial charge in [-0.25, -0.2) is 4.39 Å². The van der Waals surface area contributed by atoms with Gasteiger partial charge in [0.1, 0.15) is 5.82 Å². The molecular weight excluding hydrogens is 446 g/mol. The Kier molecular flexibility index (Phi) is 10.4. The molecule has 1 aliphatic heterocycles. The molecule has 0 aromatic heterocycles. The molecule has 148 valence electrons. The number of methoxy groups -OCH3 is 1. The summed E-state index contributed by atoms with van der Waals surface area (Å²) in [5.41, 5.74) is 1.60. The summed E-state index contributed by atoms with van der Waals surface area (Å²) in [5, 5.41) is 3.39. The van der Waals surface area contributed by atoms with Gasteiger partial charge in [-0.05, 0) is 23.6 Å². The van der Waals surface area contributed by atoms with Crippen molar-refractivity contribution in [3.63, 3.8) is 0 Å². The van der Waals surface area contributed by atoms with Crippen LogP contribution in [0.2, 0.25) is 0 Å². The fourth-order valence-corrected chi connectivity index (χ4v) is 3.18. The van der Waals surface area contributed by atoms with E-state index in [-0.39, 0.29) is 36.4 Å². The van der Waals surface area contributed by atoms with Crippen molar-refractivity contribution >= 4 is 29.9 Å². The zero-order chi connectivity index (χ0) is 18.2. The lowest BCUT2D eigenvalue weighted by Crippen LogP contribution is -2.52. The third-order valence-electron chi connectivity index (χ3n) is 4.37. The highest BCUT2D eigenvalue weighted by atomic mass is 127. The minimum atomic E-state index is -0.226. The van der Waals surface area contributed by atoms with E-state index in [0.717, 1.165) is 44.2 Å². The Hall–Kier alpha value is -0.930. The van der Waals surface area contributed by atoms with Crippen molar-refractivity contribution < 1.29 is 9.13 Å². The fourth-order valence-electron chi connectivity index (χ4n) is 3.18. The Balaban J connectivity index is 0.00000338. The average molecular weight is 478 g/mol. The van der Waals surface area contributed by atoms with Crippen molar-refractivity contribution in [2.75, 3.05) is 46.9 Å². The van der Waals surface area contributed by atoms with Crippen LogP contribution in [-0.4, -0.2) is 62.6 Å². The SMILES string of the molecule is CN=C(NCc1ccc(F)c(COC)c1)N1CCN(CC(C)C)CC1.I. The third-order valence-corrected chi connectivity index (χ3v) is 4.37. The molecule has 0 bridgehead atoms. The van der Waals surface area contributed by atoms with E-state index in [1.165, 1.54) is 6.07 Å². The summed E-state index contributed by atoms with van der Waals surface area (Å²) < 4.78 is 18.7. The van der Waals surface area contributed by atoms with E-state index in [1.807, 2.05) is 13.1 Å². The van der Waals surface area contributed by atoms with E-state index in [2.05, 4.69) is 34.0 Å². The minimum Gasteiger partial charge on any atom is -0.380 e. The Labute approximate surface area is 174 Å². The third kappa shape index (κ3) is 7.00. The number of ether oxygens (including phenoxy) is 1. The fraction of sp³-hybridized carbons (Fsp3) is 0.632. The number of hydrogen-bond donors (Lipinski definition) is 1. The van der Waals surface area contributed by atoms with Crippen LogP contribution in [0, 0.1) is 11.7 Å². The molecule has 0 amide bonds. The summed E-state index contributed by atoms with van der Waals surface area (Å²) in [6.45, 7) is 10.6. The lowest BCUT2D eigenvalue weighted by Gasteiger charge is -2.37. The van der Waals surface area contributed by atoms with Crippen molar-refractivity contribution in [2.24, 2.45) is 10.9 Å². The molecule has 5 nitrogen and oxygen atoms in total. The minimum absolute atomic E-state index is 0. The summed E-state index contributed by atoms with van der Waals surface area (Å²) in [6.07, 6.45) is 0. The zero-order valence-corrected chi connectivity index (χ0v) is 18.6. The molecule has 2 rings (SSSR count). The van der Waals surface area contributed by atoms with Gasteiger partial charge in [-0.2, -0.15) is 0 Å². The summed E-state index contributed by atoms with van der Waals surface area (Å²) >= 11 is 0. The summed E-state index contributed by atoms with van der Waals surface area (Å²) in [4.78, 5) is 9.20. The molecule has 1 N–H and O–H groups in total. The van der Waals surface area contributed by atoms with Crippen molar-refractivity contribution in [3.8, 4) is 0 Å². The van der Waals surface area contributed by atoms with E-state index in [9.17, 15) is 4.39 Å². The quantitative estimate of drug-likeness (QED) is 0.388. The summed E-state index contributed by atoms with van der Waals surface area (Å²) in [6, 6.07) is 5.15. The second kappa shape index (κ2) is 11.7. The number of nitrogens with zero attached hydrogens (tertiary/aromatic N) is 3. The Morgan fingerprint density at radius 2 is 1.96 bits per heavy atom. The van der Waals surface area contributed by atoms with Gasteiger partial charge in [-0.1, -0.05) is 19.9 Å². The molecule has 7 heteroatoms. The standard InChI is InChI=1S/C19H31FN4O.HI/c1-15(2)13-23-7-9-24(10-8-23)19(21-3)22-12-16-5-6-18(20)17(11-16)14-25-4;/h5-6,11,15H,7-10,12-14H2,1-4H3,(H,21,22);1H. The van der Waals surface area contributed by atoms with Gasteiger partial charge in [0.2, 0.25) is 0 Å². The van der Waals surface area contributed by atoms with Gasteiger partial charge in [0.15, 0.2) is 5.96 Å². The maximum atomic E-state index is 13.7. The van der Waals surface area contributed by atoms with Crippen LogP contribution in [0.5, 0.6) is 0 Å². The molecule has 0 aliphatic carbocycles. The van der Waals surface area contributed by atoms with E-state index in [4.69, 9.17) is 4.74 Å². The lowest BCUT2D eigenvalue weighted by atomic mass is 10.1. The molecule has 0 atom stereocenters. The van der Waals surface area contributed by atoms with Crippen molar-refractivity contribution in [3.05, 3.63) is 35.1 Å². The van der Waals surface area contributed by atoms with Crippen LogP contribution in [0.1, 0.15) is 25.0 Å². The van der Waals surface area contributed by atoms with Crippen LogP contribution in [0.3, 0.4) is 0 Å². The molecule has 1 aromatic carbocycles. The number of halogens is 2. The predicted molar refractivity (Wildman–Crippen MR) is 116 cm³/mol. The van der Waals surface area contributed by atoms with E-state index < -0.39 is 0 Å². The van der Waals surface area contributed by atoms with Crippen LogP contribution in [0.15, 0.2) is 23.2 Å². The largest absolute Gasteiger partial charge is 0.380 e. The van der Waals surface area contributed by atoms with Crippen LogP contribution < -0.4 is 5.32 Å². The molecule has 1 aliphatic rings. The summed E-state index contributed by atoms with van der Waals surface area (Å²) in [5.74, 6) is 1.38. The number of rotatable bonds is 6. The van der Waals surface area contributed by atoms with Gasteiger partial charge in [0.25, 0.3) is 0 Å². The highest BCUT2D eigenvalue weighted by Gasteiger charge is 2.19. The zero-order valence-electron chi connectivity index (χ0n) is 16.3. The monoisotopic (exact) mass is 478 g/mol. The van der Waals surface area contributed by atoms with Gasteiger partial charge in [0.05, 0.1) is 6.61 Å². The lowest BCUT2D eigenvalue weighted by molar-refractivity contribution is 0.164. The highest BCUT2D eigenvalue weighted by molar-refractivity contribution is 14.0. The van der Waals surface area contributed by atoms with Gasteiger partial charge < -0.3 is 15.0 Å². The number of hydrogen-bond acceptors (Lipinski definition) is 3. The van der Waals surface area contributed by atoms with Crippen LogP contribution in [0.4, 0.5) is 4.39 Å². The normalized spacial score (nSPS) is 15.9. The molecule has 1 aromatic rings. The number of aliphatic imine (C=N–C) groups is 1. The number of piperazine rings is 1. The van der Waals surface area contributed by atoms with E-state index in [0.29, 0.717) is 18.0 Å². The number of benzene rings is 1. The van der Waals surface area contributed by atoms with Crippen molar-refractivity contribution in [1.29, 1.82) is 0 Å². The maximum absolute atomic E-state index is 13.7. The molecule has 0 radical (unpaired) electrons. The van der Waals surface area contributed by atoms with E-state index in [1.54, 1.807) is 13.2 Å². The second-order valence-electron chi connectivity index (χ2n) is 6.94. The number of nitrogens with one attached hydrogen (secondary N) is 1. The van der Waals surface area contributed by atoms with Crippen LogP contribution in [-0.2, 0) is 17.9 Å². The molecule has 1 heterocycles.